The molecule has 1 aliphatic rings. The lowest BCUT2D eigenvalue weighted by Crippen LogP contribution is -2.08. The molecule has 1 aliphatic carbocycles. The molecule has 0 radical (unpaired) electrons. The summed E-state index contributed by atoms with van der Waals surface area (Å²) in [6.07, 6.45) is 3.18. The first-order valence-corrected chi connectivity index (χ1v) is 6.40. The van der Waals surface area contributed by atoms with Crippen molar-refractivity contribution in [3.63, 3.8) is 0 Å². The Balaban J connectivity index is 1.82. The Kier molecular flexibility index (Phi) is 4.40. The SMILES string of the molecule is CCCOCCOc1ccc2c(c1)CC[C@@H]2N. The number of ether oxygens (including phenoxy) is 2. The summed E-state index contributed by atoms with van der Waals surface area (Å²) in [5.74, 6) is 0.929. The van der Waals surface area contributed by atoms with E-state index >= 15 is 0 Å². The molecule has 17 heavy (non-hydrogen) atoms. The monoisotopic (exact) mass is 235 g/mol. The molecule has 0 spiro atoms. The van der Waals surface area contributed by atoms with Crippen LogP contribution in [0.3, 0.4) is 0 Å². The topological polar surface area (TPSA) is 44.5 Å². The van der Waals surface area contributed by atoms with Crippen LogP contribution < -0.4 is 10.5 Å². The van der Waals surface area contributed by atoms with Crippen molar-refractivity contribution >= 4 is 0 Å². The van der Waals surface area contributed by atoms with Gasteiger partial charge < -0.3 is 15.2 Å². The Labute approximate surface area is 103 Å². The molecule has 3 nitrogen and oxygen atoms in total. The average molecular weight is 235 g/mol. The number of benzene rings is 1. The second kappa shape index (κ2) is 6.03. The fourth-order valence-corrected chi connectivity index (χ4v) is 2.18. The van der Waals surface area contributed by atoms with Crippen LogP contribution in [0.25, 0.3) is 0 Å². The molecule has 1 atom stereocenters. The fourth-order valence-electron chi connectivity index (χ4n) is 2.18. The van der Waals surface area contributed by atoms with Crippen LogP contribution >= 0.6 is 0 Å². The van der Waals surface area contributed by atoms with Crippen LogP contribution in [-0.2, 0) is 11.2 Å². The van der Waals surface area contributed by atoms with E-state index in [0.717, 1.165) is 31.6 Å². The number of hydrogen-bond acceptors (Lipinski definition) is 3. The van der Waals surface area contributed by atoms with Crippen molar-refractivity contribution in [3.05, 3.63) is 29.3 Å². The largest absolute Gasteiger partial charge is 0.491 e. The van der Waals surface area contributed by atoms with Crippen LogP contribution in [-0.4, -0.2) is 19.8 Å². The highest BCUT2D eigenvalue weighted by atomic mass is 16.5. The summed E-state index contributed by atoms with van der Waals surface area (Å²) >= 11 is 0. The minimum Gasteiger partial charge on any atom is -0.491 e. The number of nitrogens with two attached hydrogens (primary N) is 1. The summed E-state index contributed by atoms with van der Waals surface area (Å²) in [4.78, 5) is 0. The van der Waals surface area contributed by atoms with Gasteiger partial charge in [0.25, 0.3) is 0 Å². The second-order valence-corrected chi connectivity index (χ2v) is 4.47. The van der Waals surface area contributed by atoms with Gasteiger partial charge in [-0.15, -0.1) is 0 Å². The average Bonchev–Trinajstić information content (AvgIpc) is 2.71. The van der Waals surface area contributed by atoms with Crippen LogP contribution in [0.1, 0.15) is 36.9 Å². The van der Waals surface area contributed by atoms with Crippen molar-refractivity contribution in [2.75, 3.05) is 19.8 Å². The third kappa shape index (κ3) is 3.20. The molecule has 2 rings (SSSR count). The number of aryl methyl sites for hydroxylation is 1. The molecular weight excluding hydrogens is 214 g/mol. The normalized spacial score (nSPS) is 18.1. The predicted molar refractivity (Wildman–Crippen MR) is 68.3 cm³/mol. The van der Waals surface area contributed by atoms with E-state index in [1.165, 1.54) is 11.1 Å². The van der Waals surface area contributed by atoms with E-state index in [4.69, 9.17) is 15.2 Å². The van der Waals surface area contributed by atoms with Crippen LogP contribution in [0.5, 0.6) is 5.75 Å². The van der Waals surface area contributed by atoms with Gasteiger partial charge in [0.1, 0.15) is 12.4 Å². The van der Waals surface area contributed by atoms with E-state index in [0.29, 0.717) is 13.2 Å². The van der Waals surface area contributed by atoms with Gasteiger partial charge in [-0.05, 0) is 42.5 Å². The van der Waals surface area contributed by atoms with Gasteiger partial charge >= 0.3 is 0 Å². The van der Waals surface area contributed by atoms with E-state index in [1.54, 1.807) is 0 Å². The Morgan fingerprint density at radius 2 is 2.18 bits per heavy atom. The van der Waals surface area contributed by atoms with Crippen molar-refractivity contribution in [3.8, 4) is 5.75 Å². The van der Waals surface area contributed by atoms with Gasteiger partial charge in [-0.1, -0.05) is 13.0 Å². The Hall–Kier alpha value is -1.06. The summed E-state index contributed by atoms with van der Waals surface area (Å²) < 4.78 is 11.0. The zero-order valence-corrected chi connectivity index (χ0v) is 10.4. The van der Waals surface area contributed by atoms with Crippen LogP contribution in [0.4, 0.5) is 0 Å². The maximum atomic E-state index is 5.99. The third-order valence-corrected chi connectivity index (χ3v) is 3.08. The maximum absolute atomic E-state index is 5.99. The lowest BCUT2D eigenvalue weighted by atomic mass is 10.1. The Morgan fingerprint density at radius 1 is 1.29 bits per heavy atom. The minimum atomic E-state index is 0.215. The zero-order chi connectivity index (χ0) is 12.1. The molecule has 2 N–H and O–H groups in total. The highest BCUT2D eigenvalue weighted by Crippen LogP contribution is 2.31. The lowest BCUT2D eigenvalue weighted by Gasteiger charge is -2.09. The van der Waals surface area contributed by atoms with E-state index in [1.807, 2.05) is 6.07 Å². The molecule has 0 saturated carbocycles. The Morgan fingerprint density at radius 3 is 3.00 bits per heavy atom. The van der Waals surface area contributed by atoms with Crippen LogP contribution in [0.15, 0.2) is 18.2 Å². The molecule has 0 bridgehead atoms. The first-order chi connectivity index (χ1) is 8.31. The van der Waals surface area contributed by atoms with Crippen LogP contribution in [0, 0.1) is 0 Å². The summed E-state index contributed by atoms with van der Waals surface area (Å²) in [5, 5.41) is 0. The molecular formula is C14H21NO2. The first-order valence-electron chi connectivity index (χ1n) is 6.40. The third-order valence-electron chi connectivity index (χ3n) is 3.08. The van der Waals surface area contributed by atoms with Gasteiger partial charge in [-0.3, -0.25) is 0 Å². The highest BCUT2D eigenvalue weighted by molar-refractivity contribution is 5.40. The number of fused-ring (bicyclic) bond motifs is 1. The van der Waals surface area contributed by atoms with Crippen molar-refractivity contribution in [2.45, 2.75) is 32.2 Å². The standard InChI is InChI=1S/C14H21NO2/c1-2-7-16-8-9-17-12-4-5-13-11(10-12)3-6-14(13)15/h4-5,10,14H,2-3,6-9,15H2,1H3/t14-/m0/s1. The number of hydrogen-bond donors (Lipinski definition) is 1. The van der Waals surface area contributed by atoms with Crippen molar-refractivity contribution in [1.82, 2.24) is 0 Å². The van der Waals surface area contributed by atoms with E-state index in [9.17, 15) is 0 Å². The van der Waals surface area contributed by atoms with Gasteiger partial charge in [0.2, 0.25) is 0 Å². The van der Waals surface area contributed by atoms with Crippen molar-refractivity contribution in [2.24, 2.45) is 5.73 Å². The highest BCUT2D eigenvalue weighted by Gasteiger charge is 2.18. The van der Waals surface area contributed by atoms with E-state index < -0.39 is 0 Å². The molecule has 0 aliphatic heterocycles. The van der Waals surface area contributed by atoms with Gasteiger partial charge in [0.05, 0.1) is 6.61 Å². The quantitative estimate of drug-likeness (QED) is 0.770. The van der Waals surface area contributed by atoms with Gasteiger partial charge in [0, 0.05) is 12.6 Å². The molecule has 0 saturated heterocycles. The Bertz CT molecular complexity index is 365. The molecule has 3 heteroatoms. The smallest absolute Gasteiger partial charge is 0.119 e. The summed E-state index contributed by atoms with van der Waals surface area (Å²) in [5.41, 5.74) is 8.61. The minimum absolute atomic E-state index is 0.215. The molecule has 0 fully saturated rings. The molecule has 1 aromatic rings. The summed E-state index contributed by atoms with van der Waals surface area (Å²) in [6, 6.07) is 6.42. The summed E-state index contributed by atoms with van der Waals surface area (Å²) in [6.45, 7) is 4.18. The van der Waals surface area contributed by atoms with Gasteiger partial charge in [-0.2, -0.15) is 0 Å². The lowest BCUT2D eigenvalue weighted by molar-refractivity contribution is 0.101. The van der Waals surface area contributed by atoms with Crippen LogP contribution in [0.2, 0.25) is 0 Å². The maximum Gasteiger partial charge on any atom is 0.119 e. The van der Waals surface area contributed by atoms with E-state index in [2.05, 4.69) is 19.1 Å². The first kappa shape index (κ1) is 12.4. The summed E-state index contributed by atoms with van der Waals surface area (Å²) in [7, 11) is 0. The molecule has 0 amide bonds. The van der Waals surface area contributed by atoms with E-state index in [-0.39, 0.29) is 6.04 Å². The molecule has 0 unspecified atom stereocenters. The molecule has 0 aromatic heterocycles. The second-order valence-electron chi connectivity index (χ2n) is 4.47. The molecule has 1 aromatic carbocycles. The number of rotatable bonds is 6. The fraction of sp³-hybridized carbons (Fsp3) is 0.571. The zero-order valence-electron chi connectivity index (χ0n) is 10.4. The van der Waals surface area contributed by atoms with Gasteiger partial charge in [0.15, 0.2) is 0 Å². The van der Waals surface area contributed by atoms with Crippen molar-refractivity contribution in [1.29, 1.82) is 0 Å². The molecule has 0 heterocycles. The van der Waals surface area contributed by atoms with Crippen molar-refractivity contribution < 1.29 is 9.47 Å². The molecule has 94 valence electrons. The van der Waals surface area contributed by atoms with Gasteiger partial charge in [-0.25, -0.2) is 0 Å². The predicted octanol–water partition coefficient (Wildman–Crippen LogP) is 2.44.